The second kappa shape index (κ2) is 6.93. The van der Waals surface area contributed by atoms with Gasteiger partial charge in [0.2, 0.25) is 0 Å². The van der Waals surface area contributed by atoms with Gasteiger partial charge < -0.3 is 14.6 Å². The van der Waals surface area contributed by atoms with Gasteiger partial charge in [-0.05, 0) is 31.2 Å². The third-order valence-electron chi connectivity index (χ3n) is 3.12. The van der Waals surface area contributed by atoms with Gasteiger partial charge in [0.15, 0.2) is 5.76 Å². The lowest BCUT2D eigenvalue weighted by Crippen LogP contribution is -2.32. The first-order valence-electron chi connectivity index (χ1n) is 6.88. The fourth-order valence-corrected chi connectivity index (χ4v) is 3.11. The zero-order valence-corrected chi connectivity index (χ0v) is 13.7. The number of nitrogens with one attached hydrogen (secondary N) is 1. The number of benzene rings is 1. The molecule has 0 aliphatic heterocycles. The van der Waals surface area contributed by atoms with Crippen molar-refractivity contribution in [1.29, 1.82) is 0 Å². The van der Waals surface area contributed by atoms with E-state index in [4.69, 9.17) is 9.26 Å². The summed E-state index contributed by atoms with van der Waals surface area (Å²) in [5.41, 5.74) is 1.66. The van der Waals surface area contributed by atoms with Crippen LogP contribution in [0, 0.1) is 0 Å². The monoisotopic (exact) mass is 324 g/mol. The summed E-state index contributed by atoms with van der Waals surface area (Å²) in [5.74, 6) is 1.53. The average Bonchev–Trinajstić information content (AvgIpc) is 2.92. The van der Waals surface area contributed by atoms with Crippen LogP contribution < -0.4 is 10.1 Å². The molecule has 2 aromatic rings. The van der Waals surface area contributed by atoms with Gasteiger partial charge in [-0.3, -0.25) is 0 Å². The zero-order valence-electron chi connectivity index (χ0n) is 12.9. The van der Waals surface area contributed by atoms with Gasteiger partial charge in [-0.15, -0.1) is 0 Å². The van der Waals surface area contributed by atoms with E-state index in [9.17, 15) is 8.42 Å². The molecule has 0 amide bonds. The molecule has 120 valence electrons. The Morgan fingerprint density at radius 3 is 2.59 bits per heavy atom. The van der Waals surface area contributed by atoms with Crippen molar-refractivity contribution in [3.05, 3.63) is 36.1 Å². The molecular weight excluding hydrogens is 304 g/mol. The molecule has 1 heterocycles. The molecule has 0 bridgehead atoms. The summed E-state index contributed by atoms with van der Waals surface area (Å²) in [5, 5.41) is 7.13. The fraction of sp³-hybridized carbons (Fsp3) is 0.400. The van der Waals surface area contributed by atoms with Gasteiger partial charge in [0.1, 0.15) is 21.3 Å². The molecule has 1 aromatic heterocycles. The highest BCUT2D eigenvalue weighted by molar-refractivity contribution is 7.90. The van der Waals surface area contributed by atoms with E-state index in [0.717, 1.165) is 17.0 Å². The van der Waals surface area contributed by atoms with Crippen molar-refractivity contribution in [3.63, 3.8) is 0 Å². The van der Waals surface area contributed by atoms with Crippen molar-refractivity contribution >= 4 is 9.84 Å². The minimum absolute atomic E-state index is 0.0898. The Morgan fingerprint density at radius 1 is 1.32 bits per heavy atom. The molecule has 0 unspecified atom stereocenters. The third kappa shape index (κ3) is 4.85. The van der Waals surface area contributed by atoms with Gasteiger partial charge in [-0.25, -0.2) is 8.42 Å². The Morgan fingerprint density at radius 2 is 2.00 bits per heavy atom. The maximum atomic E-state index is 11.2. The molecule has 7 heteroatoms. The lowest BCUT2D eigenvalue weighted by molar-refractivity contribution is 0.369. The molecule has 1 aromatic carbocycles. The Balaban J connectivity index is 1.96. The van der Waals surface area contributed by atoms with E-state index < -0.39 is 9.84 Å². The number of nitrogens with zero attached hydrogens (tertiary/aromatic N) is 1. The first-order chi connectivity index (χ1) is 10.4. The second-order valence-electron chi connectivity index (χ2n) is 5.28. The minimum Gasteiger partial charge on any atom is -0.497 e. The van der Waals surface area contributed by atoms with E-state index in [2.05, 4.69) is 10.5 Å². The number of hydrogen-bond donors (Lipinski definition) is 1. The molecule has 0 spiro atoms. The van der Waals surface area contributed by atoms with Crippen LogP contribution in [0.4, 0.5) is 0 Å². The molecule has 0 fully saturated rings. The van der Waals surface area contributed by atoms with Gasteiger partial charge in [0.25, 0.3) is 0 Å². The largest absolute Gasteiger partial charge is 0.497 e. The molecule has 1 N–H and O–H groups in total. The average molecular weight is 324 g/mol. The molecule has 1 atom stereocenters. The van der Waals surface area contributed by atoms with E-state index >= 15 is 0 Å². The van der Waals surface area contributed by atoms with Gasteiger partial charge in [-0.1, -0.05) is 5.16 Å². The highest BCUT2D eigenvalue weighted by Gasteiger charge is 2.12. The van der Waals surface area contributed by atoms with Crippen molar-refractivity contribution in [2.75, 3.05) is 19.1 Å². The summed E-state index contributed by atoms with van der Waals surface area (Å²) in [7, 11) is -1.38. The smallest absolute Gasteiger partial charge is 0.151 e. The van der Waals surface area contributed by atoms with Crippen molar-refractivity contribution in [3.8, 4) is 17.0 Å². The van der Waals surface area contributed by atoms with Crippen molar-refractivity contribution in [2.45, 2.75) is 19.5 Å². The summed E-state index contributed by atoms with van der Waals surface area (Å²) in [6.45, 7) is 2.25. The van der Waals surface area contributed by atoms with Crippen molar-refractivity contribution < 1.29 is 17.7 Å². The van der Waals surface area contributed by atoms with Crippen molar-refractivity contribution in [2.24, 2.45) is 0 Å². The molecule has 2 rings (SSSR count). The minimum atomic E-state index is -2.99. The Labute approximate surface area is 130 Å². The number of sulfone groups is 1. The SMILES string of the molecule is COc1ccc(-c2cc(CN[C@@H](C)CS(C)(=O)=O)on2)cc1. The van der Waals surface area contributed by atoms with Crippen LogP contribution in [0.2, 0.25) is 0 Å². The maximum absolute atomic E-state index is 11.2. The number of hydrogen-bond acceptors (Lipinski definition) is 6. The van der Waals surface area contributed by atoms with E-state index in [1.807, 2.05) is 37.3 Å². The number of rotatable bonds is 7. The molecule has 22 heavy (non-hydrogen) atoms. The van der Waals surface area contributed by atoms with Crippen LogP contribution >= 0.6 is 0 Å². The lowest BCUT2D eigenvalue weighted by atomic mass is 10.1. The van der Waals surface area contributed by atoms with Crippen LogP contribution in [0.25, 0.3) is 11.3 Å². The van der Waals surface area contributed by atoms with Crippen molar-refractivity contribution in [1.82, 2.24) is 10.5 Å². The number of ether oxygens (including phenoxy) is 1. The Kier molecular flexibility index (Phi) is 5.20. The predicted molar refractivity (Wildman–Crippen MR) is 84.5 cm³/mol. The molecular formula is C15H20N2O4S. The van der Waals surface area contributed by atoms with E-state index in [-0.39, 0.29) is 11.8 Å². The predicted octanol–water partition coefficient (Wildman–Crippen LogP) is 1.87. The van der Waals surface area contributed by atoms with Gasteiger partial charge >= 0.3 is 0 Å². The van der Waals surface area contributed by atoms with E-state index in [0.29, 0.717) is 12.3 Å². The maximum Gasteiger partial charge on any atom is 0.151 e. The van der Waals surface area contributed by atoms with Crippen LogP contribution in [0.15, 0.2) is 34.9 Å². The highest BCUT2D eigenvalue weighted by atomic mass is 32.2. The molecule has 0 aliphatic carbocycles. The number of methoxy groups -OCH3 is 1. The normalized spacial score (nSPS) is 13.0. The van der Waals surface area contributed by atoms with E-state index in [1.165, 1.54) is 6.26 Å². The molecule has 0 saturated heterocycles. The van der Waals surface area contributed by atoms with E-state index in [1.54, 1.807) is 7.11 Å². The Hall–Kier alpha value is -1.86. The summed E-state index contributed by atoms with van der Waals surface area (Å²) in [4.78, 5) is 0. The topological polar surface area (TPSA) is 81.4 Å². The highest BCUT2D eigenvalue weighted by Crippen LogP contribution is 2.22. The van der Waals surface area contributed by atoms with Crippen LogP contribution in [0.3, 0.4) is 0 Å². The van der Waals surface area contributed by atoms with Crippen LogP contribution in [-0.2, 0) is 16.4 Å². The van der Waals surface area contributed by atoms with Crippen LogP contribution in [0.5, 0.6) is 5.75 Å². The fourth-order valence-electron chi connectivity index (χ4n) is 2.08. The first kappa shape index (κ1) is 16.5. The third-order valence-corrected chi connectivity index (χ3v) is 4.23. The summed E-state index contributed by atoms with van der Waals surface area (Å²) in [6.07, 6.45) is 1.22. The Bertz CT molecular complexity index is 707. The van der Waals surface area contributed by atoms with Crippen LogP contribution in [-0.4, -0.2) is 38.7 Å². The second-order valence-corrected chi connectivity index (χ2v) is 7.47. The summed E-state index contributed by atoms with van der Waals surface area (Å²) >= 11 is 0. The summed E-state index contributed by atoms with van der Waals surface area (Å²) in [6, 6.07) is 9.21. The lowest BCUT2D eigenvalue weighted by Gasteiger charge is -2.10. The zero-order chi connectivity index (χ0) is 16.2. The van der Waals surface area contributed by atoms with Crippen LogP contribution in [0.1, 0.15) is 12.7 Å². The van der Waals surface area contributed by atoms with Gasteiger partial charge in [0, 0.05) is 23.9 Å². The van der Waals surface area contributed by atoms with Gasteiger partial charge in [-0.2, -0.15) is 0 Å². The standard InChI is InChI=1S/C15H20N2O4S/c1-11(10-22(3,18)19)16-9-14-8-15(17-21-14)12-4-6-13(20-2)7-5-12/h4-8,11,16H,9-10H2,1-3H3/t11-/m0/s1. The molecule has 0 aliphatic rings. The first-order valence-corrected chi connectivity index (χ1v) is 8.94. The molecule has 6 nitrogen and oxygen atoms in total. The summed E-state index contributed by atoms with van der Waals surface area (Å²) < 4.78 is 32.8. The number of aromatic nitrogens is 1. The van der Waals surface area contributed by atoms with Gasteiger partial charge in [0.05, 0.1) is 19.4 Å². The quantitative estimate of drug-likeness (QED) is 0.837. The molecule has 0 saturated carbocycles. The molecule has 0 radical (unpaired) electrons.